The number of carbonyl (C=O) groups is 1. The zero-order valence-electron chi connectivity index (χ0n) is 13.2. The molecule has 2 heterocycles. The first kappa shape index (κ1) is 15.5. The van der Waals surface area contributed by atoms with Crippen molar-refractivity contribution in [3.05, 3.63) is 66.0 Å². The molecule has 1 unspecified atom stereocenters. The Kier molecular flexibility index (Phi) is 4.57. The first-order valence-electron chi connectivity index (χ1n) is 7.78. The molecule has 0 bridgehead atoms. The van der Waals surface area contributed by atoms with E-state index in [0.29, 0.717) is 26.2 Å². The van der Waals surface area contributed by atoms with Crippen molar-refractivity contribution in [3.63, 3.8) is 0 Å². The van der Waals surface area contributed by atoms with Gasteiger partial charge in [-0.1, -0.05) is 36.4 Å². The van der Waals surface area contributed by atoms with E-state index in [1.54, 1.807) is 12.4 Å². The van der Waals surface area contributed by atoms with E-state index in [0.717, 1.165) is 11.1 Å². The molecule has 1 fully saturated rings. The molecule has 1 aliphatic heterocycles. The lowest BCUT2D eigenvalue weighted by Crippen LogP contribution is -2.53. The predicted molar refractivity (Wildman–Crippen MR) is 87.8 cm³/mol. The molecule has 5 heteroatoms. The van der Waals surface area contributed by atoms with Gasteiger partial charge in [-0.25, -0.2) is 4.79 Å². The normalized spacial score (nSPS) is 21.0. The molecule has 1 aliphatic rings. The first-order chi connectivity index (χ1) is 11.2. The van der Waals surface area contributed by atoms with E-state index in [-0.39, 0.29) is 6.03 Å². The number of aromatic nitrogens is 1. The molecular weight excluding hydrogens is 290 g/mol. The summed E-state index contributed by atoms with van der Waals surface area (Å²) in [6, 6.07) is 13.8. The Hall–Kier alpha value is -2.40. The highest BCUT2D eigenvalue weighted by Gasteiger charge is 2.35. The van der Waals surface area contributed by atoms with Crippen molar-refractivity contribution in [2.45, 2.75) is 19.1 Å². The van der Waals surface area contributed by atoms with Gasteiger partial charge in [-0.2, -0.15) is 0 Å². The van der Waals surface area contributed by atoms with Gasteiger partial charge in [0, 0.05) is 25.5 Å². The van der Waals surface area contributed by atoms with Gasteiger partial charge in [0.15, 0.2) is 0 Å². The van der Waals surface area contributed by atoms with Crippen molar-refractivity contribution in [2.75, 3.05) is 19.7 Å². The van der Waals surface area contributed by atoms with Crippen LogP contribution in [0.3, 0.4) is 0 Å². The van der Waals surface area contributed by atoms with Crippen LogP contribution in [0, 0.1) is 0 Å². The van der Waals surface area contributed by atoms with E-state index >= 15 is 0 Å². The SMILES string of the molecule is CC1(c2ccccc2)CN(C(=O)NCc2cccnc2)CCO1. The van der Waals surface area contributed by atoms with E-state index < -0.39 is 5.60 Å². The summed E-state index contributed by atoms with van der Waals surface area (Å²) in [4.78, 5) is 18.3. The monoisotopic (exact) mass is 311 g/mol. The number of morpholine rings is 1. The fourth-order valence-corrected chi connectivity index (χ4v) is 2.80. The van der Waals surface area contributed by atoms with Crippen LogP contribution >= 0.6 is 0 Å². The van der Waals surface area contributed by atoms with Gasteiger partial charge in [-0.15, -0.1) is 0 Å². The molecule has 1 atom stereocenters. The van der Waals surface area contributed by atoms with Crippen LogP contribution in [0.15, 0.2) is 54.9 Å². The molecule has 1 aromatic carbocycles. The van der Waals surface area contributed by atoms with Crippen LogP contribution in [0.25, 0.3) is 0 Å². The second-order valence-corrected chi connectivity index (χ2v) is 5.89. The predicted octanol–water partition coefficient (Wildman–Crippen LogP) is 2.54. The van der Waals surface area contributed by atoms with Crippen LogP contribution in [0.5, 0.6) is 0 Å². The van der Waals surface area contributed by atoms with Crippen LogP contribution in [0.1, 0.15) is 18.1 Å². The van der Waals surface area contributed by atoms with Crippen molar-refractivity contribution in [3.8, 4) is 0 Å². The van der Waals surface area contributed by atoms with E-state index in [4.69, 9.17) is 4.74 Å². The maximum atomic E-state index is 12.4. The van der Waals surface area contributed by atoms with Gasteiger partial charge in [0.25, 0.3) is 0 Å². The van der Waals surface area contributed by atoms with E-state index in [1.807, 2.05) is 54.3 Å². The van der Waals surface area contributed by atoms with Gasteiger partial charge in [-0.3, -0.25) is 4.98 Å². The third-order valence-electron chi connectivity index (χ3n) is 4.11. The standard InChI is InChI=1S/C18H21N3O2/c1-18(16-7-3-2-4-8-16)14-21(10-11-23-18)17(22)20-13-15-6-5-9-19-12-15/h2-9,12H,10-11,13-14H2,1H3,(H,20,22). The molecule has 0 spiro atoms. The number of nitrogens with zero attached hydrogens (tertiary/aromatic N) is 2. The Morgan fingerprint density at radius 1 is 1.30 bits per heavy atom. The Bertz CT molecular complexity index is 648. The van der Waals surface area contributed by atoms with Crippen LogP contribution in [0.4, 0.5) is 4.79 Å². The van der Waals surface area contributed by atoms with Crippen molar-refractivity contribution in [2.24, 2.45) is 0 Å². The molecule has 1 N–H and O–H groups in total. The Balaban J connectivity index is 1.63. The Morgan fingerprint density at radius 2 is 2.13 bits per heavy atom. The highest BCUT2D eigenvalue weighted by molar-refractivity contribution is 5.74. The van der Waals surface area contributed by atoms with E-state index in [2.05, 4.69) is 10.3 Å². The van der Waals surface area contributed by atoms with Crippen LogP contribution in [-0.2, 0) is 16.9 Å². The third-order valence-corrected chi connectivity index (χ3v) is 4.11. The lowest BCUT2D eigenvalue weighted by atomic mass is 9.94. The average Bonchev–Trinajstić information content (AvgIpc) is 2.61. The number of amides is 2. The molecule has 3 rings (SSSR count). The molecule has 5 nitrogen and oxygen atoms in total. The maximum Gasteiger partial charge on any atom is 0.317 e. The summed E-state index contributed by atoms with van der Waals surface area (Å²) in [6.07, 6.45) is 3.48. The molecule has 1 aromatic heterocycles. The van der Waals surface area contributed by atoms with Gasteiger partial charge in [-0.05, 0) is 24.1 Å². The molecule has 2 amide bonds. The number of benzene rings is 1. The Morgan fingerprint density at radius 3 is 2.87 bits per heavy atom. The van der Waals surface area contributed by atoms with Crippen LogP contribution < -0.4 is 5.32 Å². The van der Waals surface area contributed by atoms with Gasteiger partial charge in [0.2, 0.25) is 0 Å². The number of nitrogens with one attached hydrogen (secondary N) is 1. The molecule has 2 aromatic rings. The molecule has 1 saturated heterocycles. The minimum Gasteiger partial charge on any atom is -0.367 e. The summed E-state index contributed by atoms with van der Waals surface area (Å²) in [6.45, 7) is 4.18. The second kappa shape index (κ2) is 6.79. The fraction of sp³-hybridized carbons (Fsp3) is 0.333. The lowest BCUT2D eigenvalue weighted by Gasteiger charge is -2.40. The quantitative estimate of drug-likeness (QED) is 0.948. The van der Waals surface area contributed by atoms with Crippen molar-refractivity contribution in [1.29, 1.82) is 0 Å². The van der Waals surface area contributed by atoms with Gasteiger partial charge >= 0.3 is 6.03 Å². The molecule has 120 valence electrons. The van der Waals surface area contributed by atoms with Crippen molar-refractivity contribution >= 4 is 6.03 Å². The minimum atomic E-state index is -0.467. The fourth-order valence-electron chi connectivity index (χ4n) is 2.80. The largest absolute Gasteiger partial charge is 0.367 e. The van der Waals surface area contributed by atoms with Gasteiger partial charge in [0.1, 0.15) is 5.60 Å². The van der Waals surface area contributed by atoms with Crippen molar-refractivity contribution in [1.82, 2.24) is 15.2 Å². The summed E-state index contributed by atoms with van der Waals surface area (Å²) in [5.74, 6) is 0. The second-order valence-electron chi connectivity index (χ2n) is 5.89. The minimum absolute atomic E-state index is 0.0701. The number of urea groups is 1. The summed E-state index contributed by atoms with van der Waals surface area (Å²) < 4.78 is 5.96. The smallest absolute Gasteiger partial charge is 0.317 e. The van der Waals surface area contributed by atoms with Crippen molar-refractivity contribution < 1.29 is 9.53 Å². The maximum absolute atomic E-state index is 12.4. The zero-order chi connectivity index (χ0) is 16.1. The van der Waals surface area contributed by atoms with E-state index in [1.165, 1.54) is 0 Å². The summed E-state index contributed by atoms with van der Waals surface area (Å²) in [5.41, 5.74) is 1.61. The number of carbonyl (C=O) groups excluding carboxylic acids is 1. The zero-order valence-corrected chi connectivity index (χ0v) is 13.2. The number of hydrogen-bond donors (Lipinski definition) is 1. The summed E-state index contributed by atoms with van der Waals surface area (Å²) in [7, 11) is 0. The highest BCUT2D eigenvalue weighted by atomic mass is 16.5. The summed E-state index contributed by atoms with van der Waals surface area (Å²) >= 11 is 0. The van der Waals surface area contributed by atoms with E-state index in [9.17, 15) is 4.79 Å². The molecule has 0 saturated carbocycles. The topological polar surface area (TPSA) is 54.5 Å². The molecular formula is C18H21N3O2. The summed E-state index contributed by atoms with van der Waals surface area (Å²) in [5, 5.41) is 2.95. The van der Waals surface area contributed by atoms with Crippen LogP contribution in [-0.4, -0.2) is 35.6 Å². The molecule has 0 radical (unpaired) electrons. The number of rotatable bonds is 3. The number of hydrogen-bond acceptors (Lipinski definition) is 3. The average molecular weight is 311 g/mol. The van der Waals surface area contributed by atoms with Gasteiger partial charge < -0.3 is 15.0 Å². The van der Waals surface area contributed by atoms with Crippen LogP contribution in [0.2, 0.25) is 0 Å². The number of pyridine rings is 1. The first-order valence-corrected chi connectivity index (χ1v) is 7.78. The number of ether oxygens (including phenoxy) is 1. The lowest BCUT2D eigenvalue weighted by molar-refractivity contribution is -0.0906. The van der Waals surface area contributed by atoms with Gasteiger partial charge in [0.05, 0.1) is 13.2 Å². The highest BCUT2D eigenvalue weighted by Crippen LogP contribution is 2.29. The Labute approximate surface area is 136 Å². The molecule has 23 heavy (non-hydrogen) atoms. The third kappa shape index (κ3) is 3.68. The molecule has 0 aliphatic carbocycles.